The molecule has 9 heavy (non-hydrogen) atoms. The third kappa shape index (κ3) is 7.69. The van der Waals surface area contributed by atoms with Crippen molar-refractivity contribution in [1.82, 2.24) is 0 Å². The Balaban J connectivity index is 3.86. The van der Waals surface area contributed by atoms with Crippen LogP contribution in [0.15, 0.2) is 12.2 Å². The lowest BCUT2D eigenvalue weighted by molar-refractivity contribution is -0.131. The zero-order valence-corrected chi connectivity index (χ0v) is 6.97. The average molecular weight is 193 g/mol. The Bertz CT molecular complexity index is 132. The minimum absolute atomic E-state index is 0.217. The van der Waals surface area contributed by atoms with Gasteiger partial charge in [0.2, 0.25) is 0 Å². The van der Waals surface area contributed by atoms with Gasteiger partial charge in [0.25, 0.3) is 0 Å². The van der Waals surface area contributed by atoms with E-state index in [1.54, 1.807) is 6.08 Å². The van der Waals surface area contributed by atoms with E-state index in [-0.39, 0.29) is 4.32 Å². The molecule has 0 saturated carbocycles. The van der Waals surface area contributed by atoms with Gasteiger partial charge < -0.3 is 5.11 Å². The summed E-state index contributed by atoms with van der Waals surface area (Å²) < 4.78 is -0.217. The fourth-order valence-electron chi connectivity index (χ4n) is 0.269. The van der Waals surface area contributed by atoms with E-state index >= 15 is 0 Å². The highest BCUT2D eigenvalue weighted by atomic mass is 79.9. The first kappa shape index (κ1) is 8.69. The van der Waals surface area contributed by atoms with Crippen molar-refractivity contribution >= 4 is 21.9 Å². The van der Waals surface area contributed by atoms with Gasteiger partial charge in [0.05, 0.1) is 0 Å². The molecular weight excluding hydrogens is 184 g/mol. The van der Waals surface area contributed by atoms with E-state index in [4.69, 9.17) is 5.11 Å². The molecule has 0 aromatic carbocycles. The summed E-state index contributed by atoms with van der Waals surface area (Å²) in [6.45, 7) is 3.74. The lowest BCUT2D eigenvalue weighted by Gasteiger charge is -2.06. The van der Waals surface area contributed by atoms with E-state index < -0.39 is 5.97 Å². The van der Waals surface area contributed by atoms with Crippen LogP contribution in [0.25, 0.3) is 0 Å². The molecule has 0 aliphatic heterocycles. The fourth-order valence-corrected chi connectivity index (χ4v) is 0.402. The molecule has 0 heterocycles. The molecule has 0 spiro atoms. The second-order valence-corrected chi connectivity index (χ2v) is 4.28. The van der Waals surface area contributed by atoms with E-state index in [0.717, 1.165) is 6.08 Å². The van der Waals surface area contributed by atoms with Crippen molar-refractivity contribution in [2.75, 3.05) is 0 Å². The Hall–Kier alpha value is -0.310. The number of carboxylic acids is 1. The van der Waals surface area contributed by atoms with Crippen molar-refractivity contribution in [3.8, 4) is 0 Å². The highest BCUT2D eigenvalue weighted by Crippen LogP contribution is 2.16. The molecule has 1 N–H and O–H groups in total. The summed E-state index contributed by atoms with van der Waals surface area (Å²) >= 11 is 3.26. The Labute approximate surface area is 62.7 Å². The Morgan fingerprint density at radius 3 is 2.22 bits per heavy atom. The van der Waals surface area contributed by atoms with Gasteiger partial charge in [0.15, 0.2) is 0 Å². The molecule has 0 aliphatic carbocycles. The predicted octanol–water partition coefficient (Wildman–Crippen LogP) is 1.80. The van der Waals surface area contributed by atoms with Crippen LogP contribution in [0.3, 0.4) is 0 Å². The van der Waals surface area contributed by atoms with E-state index in [1.807, 2.05) is 13.8 Å². The maximum absolute atomic E-state index is 9.94. The summed E-state index contributed by atoms with van der Waals surface area (Å²) in [7, 11) is 0. The van der Waals surface area contributed by atoms with Crippen molar-refractivity contribution in [3.05, 3.63) is 12.2 Å². The van der Waals surface area contributed by atoms with Gasteiger partial charge in [-0.3, -0.25) is 0 Å². The maximum atomic E-state index is 9.94. The second-order valence-electron chi connectivity index (χ2n) is 2.24. The normalized spacial score (nSPS) is 12.3. The fraction of sp³-hybridized carbons (Fsp3) is 0.500. The van der Waals surface area contributed by atoms with Gasteiger partial charge in [-0.2, -0.15) is 0 Å². The van der Waals surface area contributed by atoms with Crippen LogP contribution >= 0.6 is 15.9 Å². The summed E-state index contributed by atoms with van der Waals surface area (Å²) in [6.07, 6.45) is 2.70. The third-order valence-electron chi connectivity index (χ3n) is 0.622. The van der Waals surface area contributed by atoms with E-state index in [1.165, 1.54) is 0 Å². The number of halogens is 1. The summed E-state index contributed by atoms with van der Waals surface area (Å²) in [5.74, 6) is -0.914. The van der Waals surface area contributed by atoms with E-state index in [0.29, 0.717) is 0 Å². The van der Waals surface area contributed by atoms with Gasteiger partial charge in [-0.15, -0.1) is 0 Å². The van der Waals surface area contributed by atoms with Crippen molar-refractivity contribution in [2.24, 2.45) is 0 Å². The molecule has 0 saturated heterocycles. The quantitative estimate of drug-likeness (QED) is 0.536. The van der Waals surface area contributed by atoms with Crippen molar-refractivity contribution in [1.29, 1.82) is 0 Å². The van der Waals surface area contributed by atoms with Crippen molar-refractivity contribution in [2.45, 2.75) is 18.2 Å². The van der Waals surface area contributed by atoms with Crippen LogP contribution in [0.2, 0.25) is 0 Å². The van der Waals surface area contributed by atoms with Crippen LogP contribution in [0, 0.1) is 0 Å². The van der Waals surface area contributed by atoms with Gasteiger partial charge in [0.1, 0.15) is 0 Å². The first-order valence-corrected chi connectivity index (χ1v) is 3.32. The molecule has 3 heteroatoms. The summed E-state index contributed by atoms with van der Waals surface area (Å²) in [6, 6.07) is 0. The summed E-state index contributed by atoms with van der Waals surface area (Å²) in [5.41, 5.74) is 0. The number of hydrogen-bond donors (Lipinski definition) is 1. The number of alkyl halides is 1. The number of carboxylic acid groups (broad SMARTS) is 1. The first-order chi connectivity index (χ1) is 3.92. The topological polar surface area (TPSA) is 37.3 Å². The number of rotatable bonds is 2. The monoisotopic (exact) mass is 192 g/mol. The lowest BCUT2D eigenvalue weighted by atomic mass is 10.2. The Morgan fingerprint density at radius 1 is 1.67 bits per heavy atom. The highest BCUT2D eigenvalue weighted by molar-refractivity contribution is 9.10. The number of carbonyl (C=O) groups is 1. The number of hydrogen-bond acceptors (Lipinski definition) is 1. The van der Waals surface area contributed by atoms with Gasteiger partial charge in [-0.1, -0.05) is 22.0 Å². The SMILES string of the molecule is CC(C)(Br)/C=C/C(=O)O. The molecular formula is C6H9BrO2. The molecule has 0 aromatic rings. The largest absolute Gasteiger partial charge is 0.478 e. The minimum atomic E-state index is -0.914. The predicted molar refractivity (Wildman–Crippen MR) is 39.8 cm³/mol. The van der Waals surface area contributed by atoms with Gasteiger partial charge in [-0.05, 0) is 13.8 Å². The zero-order valence-electron chi connectivity index (χ0n) is 5.39. The molecule has 0 fully saturated rings. The molecule has 0 atom stereocenters. The standard InChI is InChI=1S/C6H9BrO2/c1-6(2,7)4-3-5(8)9/h3-4H,1-2H3,(H,8,9)/b4-3+. The van der Waals surface area contributed by atoms with Crippen LogP contribution in [0.1, 0.15) is 13.8 Å². The molecule has 52 valence electrons. The lowest BCUT2D eigenvalue weighted by Crippen LogP contribution is -2.04. The third-order valence-corrected chi connectivity index (χ3v) is 0.887. The molecule has 0 aromatic heterocycles. The molecule has 0 unspecified atom stereocenters. The molecule has 0 rings (SSSR count). The van der Waals surface area contributed by atoms with Crippen molar-refractivity contribution in [3.63, 3.8) is 0 Å². The minimum Gasteiger partial charge on any atom is -0.478 e. The van der Waals surface area contributed by atoms with Gasteiger partial charge in [-0.25, -0.2) is 4.79 Å². The zero-order chi connectivity index (χ0) is 7.49. The van der Waals surface area contributed by atoms with Crippen LogP contribution in [0.4, 0.5) is 0 Å². The molecule has 0 aliphatic rings. The molecule has 2 nitrogen and oxygen atoms in total. The van der Waals surface area contributed by atoms with Crippen LogP contribution < -0.4 is 0 Å². The molecule has 0 radical (unpaired) electrons. The average Bonchev–Trinajstić information content (AvgIpc) is 1.59. The second kappa shape index (κ2) is 3.01. The van der Waals surface area contributed by atoms with Crippen LogP contribution in [-0.4, -0.2) is 15.4 Å². The number of allylic oxidation sites excluding steroid dienone is 1. The summed E-state index contributed by atoms with van der Waals surface area (Å²) in [4.78, 5) is 9.94. The Morgan fingerprint density at radius 2 is 2.11 bits per heavy atom. The van der Waals surface area contributed by atoms with Crippen molar-refractivity contribution < 1.29 is 9.90 Å². The van der Waals surface area contributed by atoms with E-state index in [2.05, 4.69) is 15.9 Å². The van der Waals surface area contributed by atoms with Crippen LogP contribution in [-0.2, 0) is 4.79 Å². The van der Waals surface area contributed by atoms with E-state index in [9.17, 15) is 4.79 Å². The van der Waals surface area contributed by atoms with Crippen LogP contribution in [0.5, 0.6) is 0 Å². The highest BCUT2D eigenvalue weighted by Gasteiger charge is 2.06. The summed E-state index contributed by atoms with van der Waals surface area (Å²) in [5, 5.41) is 8.17. The smallest absolute Gasteiger partial charge is 0.328 e. The molecule has 0 amide bonds. The van der Waals surface area contributed by atoms with Gasteiger partial charge >= 0.3 is 5.97 Å². The maximum Gasteiger partial charge on any atom is 0.328 e. The first-order valence-electron chi connectivity index (χ1n) is 2.53. The Kier molecular flexibility index (Phi) is 2.91. The van der Waals surface area contributed by atoms with Gasteiger partial charge in [0, 0.05) is 10.4 Å². The number of aliphatic carboxylic acids is 1. The molecule has 0 bridgehead atoms.